The number of carbonyl (C=O) groups excluding carboxylic acids is 2. The Morgan fingerprint density at radius 3 is 2.54 bits per heavy atom. The van der Waals surface area contributed by atoms with Crippen molar-refractivity contribution < 1.29 is 18.0 Å². The predicted molar refractivity (Wildman–Crippen MR) is 139 cm³/mol. The molecule has 1 aliphatic carbocycles. The Hall–Kier alpha value is -4.48. The molecule has 0 saturated heterocycles. The molecule has 1 aliphatic heterocycles. The van der Waals surface area contributed by atoms with Gasteiger partial charge in [0.1, 0.15) is 0 Å². The van der Waals surface area contributed by atoms with Crippen LogP contribution in [0.25, 0.3) is 5.57 Å². The van der Waals surface area contributed by atoms with Crippen LogP contribution in [0.4, 0.5) is 5.69 Å². The zero-order chi connectivity index (χ0) is 26.2. The molecule has 7 nitrogen and oxygen atoms in total. The molecule has 0 radical (unpaired) electrons. The van der Waals surface area contributed by atoms with Gasteiger partial charge in [0.15, 0.2) is 0 Å². The molecule has 0 spiro atoms. The lowest BCUT2D eigenvalue weighted by Crippen LogP contribution is -2.23. The molecule has 1 atom stereocenters. The number of fused-ring (bicyclic) bond motifs is 2. The van der Waals surface area contributed by atoms with E-state index in [4.69, 9.17) is 0 Å². The van der Waals surface area contributed by atoms with E-state index >= 15 is 0 Å². The number of nitrogens with zero attached hydrogens (tertiary/aromatic N) is 1. The lowest BCUT2D eigenvalue weighted by atomic mass is 9.82. The first-order valence-electron chi connectivity index (χ1n) is 11.7. The standard InChI is InChI=1S/C29H23N3O4S/c1-29(18-30)14-12-21(13-15-29)20-8-6-19(7-9-20)17-31-27(33)22-10-11-26-24(16-22)32-28(34)23-4-2-3-5-25(23)37(26,35)36/h2-14,16H,15,17H2,1H3,(H,31,33)(H,32,34). The molecule has 37 heavy (non-hydrogen) atoms. The Morgan fingerprint density at radius 2 is 1.84 bits per heavy atom. The number of anilines is 1. The molecular formula is C29H23N3O4S. The maximum Gasteiger partial charge on any atom is 0.257 e. The Kier molecular flexibility index (Phi) is 6.02. The van der Waals surface area contributed by atoms with Crippen LogP contribution in [0.1, 0.15) is 45.2 Å². The smallest absolute Gasteiger partial charge is 0.257 e. The average Bonchev–Trinajstić information content (AvgIpc) is 3.00. The highest BCUT2D eigenvalue weighted by Crippen LogP contribution is 2.34. The van der Waals surface area contributed by atoms with Gasteiger partial charge in [-0.05, 0) is 60.4 Å². The number of nitrogens with one attached hydrogen (secondary N) is 2. The van der Waals surface area contributed by atoms with Crippen molar-refractivity contribution in [2.75, 3.05) is 5.32 Å². The third-order valence-corrected chi connectivity index (χ3v) is 8.44. The van der Waals surface area contributed by atoms with E-state index in [0.29, 0.717) is 6.42 Å². The van der Waals surface area contributed by atoms with Gasteiger partial charge in [-0.15, -0.1) is 0 Å². The highest BCUT2D eigenvalue weighted by atomic mass is 32.2. The maximum atomic E-state index is 13.1. The molecule has 2 N–H and O–H groups in total. The van der Waals surface area contributed by atoms with Gasteiger partial charge in [0.25, 0.3) is 11.8 Å². The minimum atomic E-state index is -3.93. The summed E-state index contributed by atoms with van der Waals surface area (Å²) in [6, 6.07) is 20.3. The highest BCUT2D eigenvalue weighted by Gasteiger charge is 2.31. The van der Waals surface area contributed by atoms with Crippen molar-refractivity contribution in [1.29, 1.82) is 5.26 Å². The van der Waals surface area contributed by atoms with Gasteiger partial charge in [0.05, 0.1) is 32.5 Å². The number of benzene rings is 3. The number of amides is 2. The fourth-order valence-corrected chi connectivity index (χ4v) is 5.92. The number of hydrogen-bond donors (Lipinski definition) is 2. The highest BCUT2D eigenvalue weighted by molar-refractivity contribution is 7.91. The number of allylic oxidation sites excluding steroid dienone is 4. The quantitative estimate of drug-likeness (QED) is 0.520. The number of nitriles is 1. The van der Waals surface area contributed by atoms with E-state index in [0.717, 1.165) is 16.7 Å². The van der Waals surface area contributed by atoms with Gasteiger partial charge in [-0.2, -0.15) is 5.26 Å². The van der Waals surface area contributed by atoms with E-state index in [1.807, 2.05) is 43.3 Å². The van der Waals surface area contributed by atoms with E-state index in [9.17, 15) is 23.3 Å². The lowest BCUT2D eigenvalue weighted by molar-refractivity contribution is 0.0949. The van der Waals surface area contributed by atoms with Crippen LogP contribution in [0.5, 0.6) is 0 Å². The summed E-state index contributed by atoms with van der Waals surface area (Å²) >= 11 is 0. The molecule has 2 amide bonds. The van der Waals surface area contributed by atoms with Gasteiger partial charge in [-0.25, -0.2) is 8.42 Å². The second-order valence-corrected chi connectivity index (χ2v) is 11.2. The zero-order valence-electron chi connectivity index (χ0n) is 20.0. The topological polar surface area (TPSA) is 116 Å². The van der Waals surface area contributed by atoms with E-state index in [-0.39, 0.29) is 33.2 Å². The first kappa shape index (κ1) is 24.2. The molecule has 184 valence electrons. The van der Waals surface area contributed by atoms with Gasteiger partial charge >= 0.3 is 0 Å². The van der Waals surface area contributed by atoms with Gasteiger partial charge in [-0.3, -0.25) is 9.59 Å². The molecule has 0 aromatic heterocycles. The van der Waals surface area contributed by atoms with Crippen LogP contribution in [-0.4, -0.2) is 20.2 Å². The van der Waals surface area contributed by atoms with Crippen molar-refractivity contribution >= 4 is 32.9 Å². The van der Waals surface area contributed by atoms with Crippen LogP contribution in [0, 0.1) is 16.7 Å². The van der Waals surface area contributed by atoms with Crippen LogP contribution in [-0.2, 0) is 16.4 Å². The fourth-order valence-electron chi connectivity index (χ4n) is 4.33. The maximum absolute atomic E-state index is 13.1. The molecule has 3 aromatic rings. The second kappa shape index (κ2) is 9.19. The van der Waals surface area contributed by atoms with Crippen LogP contribution < -0.4 is 10.6 Å². The third kappa shape index (κ3) is 4.57. The van der Waals surface area contributed by atoms with Crippen LogP contribution >= 0.6 is 0 Å². The summed E-state index contributed by atoms with van der Waals surface area (Å²) in [4.78, 5) is 25.4. The zero-order valence-corrected chi connectivity index (χ0v) is 20.8. The summed E-state index contributed by atoms with van der Waals surface area (Å²) in [6.45, 7) is 2.17. The van der Waals surface area contributed by atoms with Crippen molar-refractivity contribution in [3.63, 3.8) is 0 Å². The second-order valence-electron chi connectivity index (χ2n) is 9.27. The van der Waals surface area contributed by atoms with E-state index in [2.05, 4.69) is 22.8 Å². The number of hydrogen-bond acceptors (Lipinski definition) is 5. The van der Waals surface area contributed by atoms with E-state index in [1.165, 1.54) is 30.3 Å². The van der Waals surface area contributed by atoms with Crippen molar-refractivity contribution in [2.24, 2.45) is 5.41 Å². The van der Waals surface area contributed by atoms with Crippen molar-refractivity contribution in [3.05, 3.63) is 107 Å². The SMILES string of the molecule is CC1(C#N)C=CC(c2ccc(CNC(=O)c3ccc4c(c3)NC(=O)c3ccccc3S4(=O)=O)cc2)=CC1. The van der Waals surface area contributed by atoms with Crippen LogP contribution in [0.2, 0.25) is 0 Å². The monoisotopic (exact) mass is 509 g/mol. The summed E-state index contributed by atoms with van der Waals surface area (Å²) < 4.78 is 26.3. The molecule has 0 bridgehead atoms. The molecule has 3 aromatic carbocycles. The summed E-state index contributed by atoms with van der Waals surface area (Å²) in [7, 11) is -3.93. The lowest BCUT2D eigenvalue weighted by Gasteiger charge is -2.20. The first-order valence-corrected chi connectivity index (χ1v) is 13.2. The largest absolute Gasteiger partial charge is 0.348 e. The molecular weight excluding hydrogens is 486 g/mol. The minimum Gasteiger partial charge on any atom is -0.348 e. The van der Waals surface area contributed by atoms with Crippen LogP contribution in [0.3, 0.4) is 0 Å². The summed E-state index contributed by atoms with van der Waals surface area (Å²) in [6.07, 6.45) is 6.58. The molecule has 0 fully saturated rings. The molecule has 8 heteroatoms. The minimum absolute atomic E-state index is 0.0564. The Balaban J connectivity index is 1.29. The van der Waals surface area contributed by atoms with Gasteiger partial charge in [0.2, 0.25) is 9.84 Å². The summed E-state index contributed by atoms with van der Waals surface area (Å²) in [5.74, 6) is -0.940. The molecule has 2 aliphatic rings. The Morgan fingerprint density at radius 1 is 1.08 bits per heavy atom. The van der Waals surface area contributed by atoms with E-state index < -0.39 is 27.1 Å². The third-order valence-electron chi connectivity index (χ3n) is 6.57. The Bertz CT molecular complexity index is 1650. The van der Waals surface area contributed by atoms with E-state index in [1.54, 1.807) is 12.1 Å². The Labute approximate surface area is 215 Å². The first-order chi connectivity index (χ1) is 17.7. The van der Waals surface area contributed by atoms with Gasteiger partial charge < -0.3 is 10.6 Å². The van der Waals surface area contributed by atoms with Crippen molar-refractivity contribution in [2.45, 2.75) is 29.7 Å². The fraction of sp³-hybridized carbons (Fsp3) is 0.138. The van der Waals surface area contributed by atoms with Crippen molar-refractivity contribution in [1.82, 2.24) is 5.32 Å². The molecule has 5 rings (SSSR count). The average molecular weight is 510 g/mol. The van der Waals surface area contributed by atoms with Crippen LogP contribution in [0.15, 0.2) is 94.7 Å². The van der Waals surface area contributed by atoms with Crippen molar-refractivity contribution in [3.8, 4) is 6.07 Å². The molecule has 1 unspecified atom stereocenters. The van der Waals surface area contributed by atoms with Gasteiger partial charge in [0, 0.05) is 12.1 Å². The summed E-state index contributed by atoms with van der Waals surface area (Å²) in [5.41, 5.74) is 2.85. The number of carbonyl (C=O) groups is 2. The summed E-state index contributed by atoms with van der Waals surface area (Å²) in [5, 5.41) is 14.7. The molecule has 0 saturated carbocycles. The molecule has 1 heterocycles. The van der Waals surface area contributed by atoms with Gasteiger partial charge in [-0.1, -0.05) is 54.6 Å². The predicted octanol–water partition coefficient (Wildman–Crippen LogP) is 4.89. The normalized spacial score (nSPS) is 19.4. The number of sulfone groups is 1. The number of rotatable bonds is 4.